The Bertz CT molecular complexity index is 561. The second kappa shape index (κ2) is 9.39. The van der Waals surface area contributed by atoms with Crippen LogP contribution in [-0.2, 0) is 4.79 Å². The zero-order valence-electron chi connectivity index (χ0n) is 14.5. The molecule has 1 aliphatic rings. The van der Waals surface area contributed by atoms with Crippen LogP contribution in [0.15, 0.2) is 30.3 Å². The molecule has 25 heavy (non-hydrogen) atoms. The number of nitrogens with one attached hydrogen (secondary N) is 2. The number of carbonyl (C=O) groups is 2. The van der Waals surface area contributed by atoms with Crippen LogP contribution in [0.25, 0.3) is 0 Å². The van der Waals surface area contributed by atoms with E-state index in [1.54, 1.807) is 0 Å². The van der Waals surface area contributed by atoms with E-state index in [1.165, 1.54) is 0 Å². The summed E-state index contributed by atoms with van der Waals surface area (Å²) in [7, 11) is 0. The van der Waals surface area contributed by atoms with Crippen molar-refractivity contribution in [3.05, 3.63) is 35.9 Å². The summed E-state index contributed by atoms with van der Waals surface area (Å²) in [4.78, 5) is 24.6. The van der Waals surface area contributed by atoms with Crippen LogP contribution in [-0.4, -0.2) is 58.8 Å². The number of hydrogen-bond acceptors (Lipinski definition) is 4. The van der Waals surface area contributed by atoms with Crippen LogP contribution in [0.3, 0.4) is 0 Å². The van der Waals surface area contributed by atoms with E-state index in [1.807, 2.05) is 42.2 Å². The van der Waals surface area contributed by atoms with Gasteiger partial charge >= 0.3 is 12.0 Å². The predicted octanol–water partition coefficient (Wildman–Crippen LogP) is 1.35. The first kappa shape index (κ1) is 19.2. The van der Waals surface area contributed by atoms with E-state index in [9.17, 15) is 14.7 Å². The molecule has 0 saturated heterocycles. The topological polar surface area (TPSA) is 102 Å². The standard InChI is InChI=1S/C18H27N3O4/c1-2-21(12-17(23)24)15-10-14(11-15)20-18(25)19-9-8-16(22)13-6-4-3-5-7-13/h3-7,14-16,22H,2,8-12H2,1H3,(H,23,24)(H2,19,20,25). The molecule has 7 heteroatoms. The molecule has 0 spiro atoms. The fourth-order valence-electron chi connectivity index (χ4n) is 3.08. The smallest absolute Gasteiger partial charge is 0.317 e. The molecule has 7 nitrogen and oxygen atoms in total. The molecular weight excluding hydrogens is 322 g/mol. The van der Waals surface area contributed by atoms with Crippen LogP contribution in [0.5, 0.6) is 0 Å². The van der Waals surface area contributed by atoms with Crippen molar-refractivity contribution in [3.8, 4) is 0 Å². The van der Waals surface area contributed by atoms with E-state index in [0.717, 1.165) is 18.4 Å². The van der Waals surface area contributed by atoms with Gasteiger partial charge in [0.2, 0.25) is 0 Å². The quantitative estimate of drug-likeness (QED) is 0.539. The molecule has 0 heterocycles. The molecule has 1 aromatic rings. The van der Waals surface area contributed by atoms with Gasteiger partial charge in [-0.05, 0) is 31.4 Å². The third kappa shape index (κ3) is 6.03. The maximum atomic E-state index is 11.9. The number of aliphatic hydroxyl groups excluding tert-OH is 1. The molecule has 1 fully saturated rings. The lowest BCUT2D eigenvalue weighted by atomic mass is 9.85. The first-order valence-electron chi connectivity index (χ1n) is 8.72. The maximum absolute atomic E-state index is 11.9. The number of hydrogen-bond donors (Lipinski definition) is 4. The predicted molar refractivity (Wildman–Crippen MR) is 94.2 cm³/mol. The van der Waals surface area contributed by atoms with Gasteiger partial charge in [-0.3, -0.25) is 9.69 Å². The summed E-state index contributed by atoms with van der Waals surface area (Å²) in [5.74, 6) is -0.826. The van der Waals surface area contributed by atoms with Crippen molar-refractivity contribution in [1.82, 2.24) is 15.5 Å². The normalized spacial score (nSPS) is 20.6. The molecule has 1 aromatic carbocycles. The second-order valence-electron chi connectivity index (χ2n) is 6.39. The minimum absolute atomic E-state index is 0.0391. The number of likely N-dealkylation sites (N-methyl/N-ethyl adjacent to an activating group) is 1. The molecule has 1 unspecified atom stereocenters. The van der Waals surface area contributed by atoms with Crippen LogP contribution < -0.4 is 10.6 Å². The number of carboxylic acids is 1. The maximum Gasteiger partial charge on any atom is 0.317 e. The first-order valence-corrected chi connectivity index (χ1v) is 8.72. The van der Waals surface area contributed by atoms with Crippen LogP contribution in [0.1, 0.15) is 37.9 Å². The number of benzene rings is 1. The van der Waals surface area contributed by atoms with E-state index in [-0.39, 0.29) is 24.7 Å². The van der Waals surface area contributed by atoms with Crippen LogP contribution in [0.4, 0.5) is 4.79 Å². The van der Waals surface area contributed by atoms with E-state index in [4.69, 9.17) is 5.11 Å². The number of aliphatic carboxylic acids is 1. The Morgan fingerprint density at radius 1 is 1.28 bits per heavy atom. The number of nitrogens with zero attached hydrogens (tertiary/aromatic N) is 1. The lowest BCUT2D eigenvalue weighted by Crippen LogP contribution is -2.56. The van der Waals surface area contributed by atoms with E-state index in [2.05, 4.69) is 10.6 Å². The van der Waals surface area contributed by atoms with Gasteiger partial charge in [-0.2, -0.15) is 0 Å². The molecule has 0 aliphatic heterocycles. The van der Waals surface area contributed by atoms with Crippen molar-refractivity contribution in [1.29, 1.82) is 0 Å². The molecule has 2 amide bonds. The fourth-order valence-corrected chi connectivity index (χ4v) is 3.08. The van der Waals surface area contributed by atoms with Crippen LogP contribution in [0.2, 0.25) is 0 Å². The molecule has 0 aromatic heterocycles. The van der Waals surface area contributed by atoms with Gasteiger partial charge in [-0.25, -0.2) is 4.79 Å². The Kier molecular flexibility index (Phi) is 7.21. The van der Waals surface area contributed by atoms with Gasteiger partial charge in [0.05, 0.1) is 12.6 Å². The summed E-state index contributed by atoms with van der Waals surface area (Å²) in [6.45, 7) is 3.05. The highest BCUT2D eigenvalue weighted by Crippen LogP contribution is 2.25. The van der Waals surface area contributed by atoms with Gasteiger partial charge in [0, 0.05) is 18.6 Å². The van der Waals surface area contributed by atoms with Crippen molar-refractivity contribution in [2.24, 2.45) is 0 Å². The summed E-state index contributed by atoms with van der Waals surface area (Å²) < 4.78 is 0. The minimum Gasteiger partial charge on any atom is -0.480 e. The summed E-state index contributed by atoms with van der Waals surface area (Å²) in [5, 5.41) is 24.6. The van der Waals surface area contributed by atoms with Gasteiger partial charge in [-0.15, -0.1) is 0 Å². The van der Waals surface area contributed by atoms with Gasteiger partial charge in [0.1, 0.15) is 0 Å². The van der Waals surface area contributed by atoms with Crippen molar-refractivity contribution >= 4 is 12.0 Å². The third-order valence-electron chi connectivity index (χ3n) is 4.60. The molecule has 1 saturated carbocycles. The zero-order valence-corrected chi connectivity index (χ0v) is 14.5. The largest absolute Gasteiger partial charge is 0.480 e. The average molecular weight is 349 g/mol. The molecule has 0 bridgehead atoms. The van der Waals surface area contributed by atoms with Crippen molar-refractivity contribution in [3.63, 3.8) is 0 Å². The van der Waals surface area contributed by atoms with E-state index >= 15 is 0 Å². The summed E-state index contributed by atoms with van der Waals surface area (Å²) in [6, 6.07) is 9.39. The Labute approximate surface area is 148 Å². The van der Waals surface area contributed by atoms with E-state index in [0.29, 0.717) is 19.5 Å². The van der Waals surface area contributed by atoms with E-state index < -0.39 is 12.1 Å². The van der Waals surface area contributed by atoms with Gasteiger partial charge in [0.15, 0.2) is 0 Å². The number of amides is 2. The molecule has 4 N–H and O–H groups in total. The minimum atomic E-state index is -0.826. The number of carbonyl (C=O) groups excluding carboxylic acids is 1. The van der Waals surface area contributed by atoms with Crippen LogP contribution in [0, 0.1) is 0 Å². The molecule has 2 rings (SSSR count). The first-order chi connectivity index (χ1) is 12.0. The highest BCUT2D eigenvalue weighted by Gasteiger charge is 2.34. The summed E-state index contributed by atoms with van der Waals surface area (Å²) in [5.41, 5.74) is 0.838. The Balaban J connectivity index is 1.61. The Morgan fingerprint density at radius 2 is 1.96 bits per heavy atom. The Hall–Kier alpha value is -2.12. The zero-order chi connectivity index (χ0) is 18.2. The molecule has 138 valence electrons. The summed E-state index contributed by atoms with van der Waals surface area (Å²) >= 11 is 0. The highest BCUT2D eigenvalue weighted by molar-refractivity contribution is 5.74. The van der Waals surface area contributed by atoms with Crippen molar-refractivity contribution in [2.45, 2.75) is 44.4 Å². The lowest BCUT2D eigenvalue weighted by molar-refractivity contribution is -0.139. The number of carboxylic acid groups (broad SMARTS) is 1. The molecule has 1 atom stereocenters. The van der Waals surface area contributed by atoms with Gasteiger partial charge in [-0.1, -0.05) is 37.3 Å². The Morgan fingerprint density at radius 3 is 2.56 bits per heavy atom. The van der Waals surface area contributed by atoms with Crippen LogP contribution >= 0.6 is 0 Å². The highest BCUT2D eigenvalue weighted by atomic mass is 16.4. The SMILES string of the molecule is CCN(CC(=O)O)C1CC(NC(=O)NCCC(O)c2ccccc2)C1. The fraction of sp³-hybridized carbons (Fsp3) is 0.556. The molecule has 1 aliphatic carbocycles. The van der Waals surface area contributed by atoms with Gasteiger partial charge < -0.3 is 20.8 Å². The molecule has 0 radical (unpaired) electrons. The van der Waals surface area contributed by atoms with Crippen molar-refractivity contribution < 1.29 is 19.8 Å². The lowest BCUT2D eigenvalue weighted by Gasteiger charge is -2.42. The number of urea groups is 1. The second-order valence-corrected chi connectivity index (χ2v) is 6.39. The third-order valence-corrected chi connectivity index (χ3v) is 4.60. The monoisotopic (exact) mass is 349 g/mol. The number of rotatable bonds is 9. The average Bonchev–Trinajstić information content (AvgIpc) is 2.56. The number of aliphatic hydroxyl groups is 1. The van der Waals surface area contributed by atoms with Crippen molar-refractivity contribution in [2.75, 3.05) is 19.6 Å². The van der Waals surface area contributed by atoms with Gasteiger partial charge in [0.25, 0.3) is 0 Å². The molecular formula is C18H27N3O4. The summed E-state index contributed by atoms with van der Waals surface area (Å²) in [6.07, 6.45) is 1.39.